The molecule has 10 heteroatoms. The van der Waals surface area contributed by atoms with Crippen molar-refractivity contribution in [1.82, 2.24) is 0 Å². The highest BCUT2D eigenvalue weighted by molar-refractivity contribution is 7.45. The first-order valence-electron chi connectivity index (χ1n) is 22.5. The van der Waals surface area contributed by atoms with Gasteiger partial charge in [-0.3, -0.25) is 14.2 Å². The number of hydrogen-bond donors (Lipinski definition) is 0. The standard InChI is InChI=1S/C47H84NO8P/c1-6-8-10-12-14-16-18-20-22-24-26-27-29-31-33-35-37-39-46(49)53-43-45(44-55-57(51,52)54-42-41-48(3,4)5)56-47(50)40-38-36-34-32-30-28-25-23-21-19-17-15-13-11-9-7-2/h8,10,14,16,20,22,26-27,31,33,45H,6-7,9,11-13,15,17-19,21,23-25,28-30,32,34-44H2,1-5H3/b10-8-,16-14-,22-20-,27-26-,33-31-/t45-/m1/s1. The average Bonchev–Trinajstić information content (AvgIpc) is 3.16. The van der Waals surface area contributed by atoms with Gasteiger partial charge in [0, 0.05) is 12.8 Å². The molecule has 0 aliphatic heterocycles. The number of rotatable bonds is 40. The van der Waals surface area contributed by atoms with Gasteiger partial charge in [0.1, 0.15) is 19.8 Å². The first-order chi connectivity index (χ1) is 27.5. The average molecular weight is 822 g/mol. The maximum Gasteiger partial charge on any atom is 0.306 e. The minimum atomic E-state index is -4.64. The van der Waals surface area contributed by atoms with Crippen molar-refractivity contribution in [3.8, 4) is 0 Å². The number of phosphoric acid groups is 1. The SMILES string of the molecule is CC/C=C\C/C=C\C/C=C\C/C=C\C/C=C\CCCC(=O)OC[C@H](COP(=O)([O-])OCC[N+](C)(C)C)OC(=O)CCCCCCCCCCCCCCCCCC. The summed E-state index contributed by atoms with van der Waals surface area (Å²) in [4.78, 5) is 37.5. The van der Waals surface area contributed by atoms with Crippen molar-refractivity contribution in [1.29, 1.82) is 0 Å². The van der Waals surface area contributed by atoms with E-state index in [0.717, 1.165) is 57.8 Å². The molecule has 0 aliphatic carbocycles. The Hall–Kier alpha value is -2.29. The predicted molar refractivity (Wildman–Crippen MR) is 236 cm³/mol. The van der Waals surface area contributed by atoms with Crippen LogP contribution in [0.3, 0.4) is 0 Å². The van der Waals surface area contributed by atoms with E-state index in [9.17, 15) is 19.0 Å². The summed E-state index contributed by atoms with van der Waals surface area (Å²) in [6.07, 6.45) is 46.8. The largest absolute Gasteiger partial charge is 0.756 e. The molecule has 0 rings (SSSR count). The molecular formula is C47H84NO8P. The Bertz CT molecular complexity index is 1160. The molecule has 2 atom stereocenters. The van der Waals surface area contributed by atoms with Crippen molar-refractivity contribution in [3.05, 3.63) is 60.8 Å². The highest BCUT2D eigenvalue weighted by Gasteiger charge is 2.21. The summed E-state index contributed by atoms with van der Waals surface area (Å²) >= 11 is 0. The van der Waals surface area contributed by atoms with Crippen molar-refractivity contribution in [2.75, 3.05) is 47.5 Å². The number of quaternary nitrogens is 1. The molecule has 0 aliphatic rings. The van der Waals surface area contributed by atoms with Gasteiger partial charge in [-0.15, -0.1) is 0 Å². The molecule has 0 amide bonds. The topological polar surface area (TPSA) is 111 Å². The predicted octanol–water partition coefficient (Wildman–Crippen LogP) is 12.2. The summed E-state index contributed by atoms with van der Waals surface area (Å²) in [5, 5.41) is 0. The van der Waals surface area contributed by atoms with Gasteiger partial charge in [0.15, 0.2) is 6.10 Å². The first kappa shape index (κ1) is 54.7. The molecule has 0 radical (unpaired) electrons. The Labute approximate surface area is 349 Å². The molecule has 0 aromatic carbocycles. The van der Waals surface area contributed by atoms with E-state index in [1.165, 1.54) is 77.0 Å². The number of esters is 2. The molecule has 9 nitrogen and oxygen atoms in total. The third-order valence-electron chi connectivity index (χ3n) is 9.30. The van der Waals surface area contributed by atoms with Gasteiger partial charge in [0.25, 0.3) is 7.82 Å². The lowest BCUT2D eigenvalue weighted by Gasteiger charge is -2.28. The second-order valence-corrected chi connectivity index (χ2v) is 17.4. The Kier molecular flexibility index (Phi) is 37.6. The van der Waals surface area contributed by atoms with E-state index in [2.05, 4.69) is 68.5 Å². The summed E-state index contributed by atoms with van der Waals surface area (Å²) in [6, 6.07) is 0. The van der Waals surface area contributed by atoms with Gasteiger partial charge in [-0.05, 0) is 51.4 Å². The number of hydrogen-bond acceptors (Lipinski definition) is 8. The number of unbranched alkanes of at least 4 members (excludes halogenated alkanes) is 16. The van der Waals surface area contributed by atoms with Crippen LogP contribution in [0.2, 0.25) is 0 Å². The minimum Gasteiger partial charge on any atom is -0.756 e. The van der Waals surface area contributed by atoms with Crippen LogP contribution in [0.15, 0.2) is 60.8 Å². The Morgan fingerprint density at radius 1 is 0.561 bits per heavy atom. The Balaban J connectivity index is 4.43. The van der Waals surface area contributed by atoms with E-state index in [4.69, 9.17) is 18.5 Å². The van der Waals surface area contributed by atoms with E-state index in [1.54, 1.807) is 0 Å². The van der Waals surface area contributed by atoms with Crippen molar-refractivity contribution < 1.29 is 42.1 Å². The van der Waals surface area contributed by atoms with Crippen molar-refractivity contribution in [2.45, 2.75) is 180 Å². The molecule has 0 spiro atoms. The molecule has 0 saturated heterocycles. The van der Waals surface area contributed by atoms with Crippen LogP contribution in [0.4, 0.5) is 0 Å². The van der Waals surface area contributed by atoms with Crippen LogP contribution in [-0.4, -0.2) is 70.0 Å². The summed E-state index contributed by atoms with van der Waals surface area (Å²) in [7, 11) is 1.13. The maximum absolute atomic E-state index is 12.7. The van der Waals surface area contributed by atoms with Gasteiger partial charge >= 0.3 is 11.9 Å². The summed E-state index contributed by atoms with van der Waals surface area (Å²) in [6.45, 7) is 4.05. The van der Waals surface area contributed by atoms with E-state index >= 15 is 0 Å². The van der Waals surface area contributed by atoms with Crippen LogP contribution in [0.1, 0.15) is 174 Å². The van der Waals surface area contributed by atoms with Crippen LogP contribution in [0.5, 0.6) is 0 Å². The second kappa shape index (κ2) is 39.2. The molecular weight excluding hydrogens is 737 g/mol. The third kappa shape index (κ3) is 43.1. The highest BCUT2D eigenvalue weighted by atomic mass is 31.2. The quantitative estimate of drug-likeness (QED) is 0.0197. The molecule has 0 fully saturated rings. The van der Waals surface area contributed by atoms with Gasteiger partial charge < -0.3 is 27.9 Å². The third-order valence-corrected chi connectivity index (χ3v) is 10.3. The van der Waals surface area contributed by atoms with Crippen molar-refractivity contribution >= 4 is 19.8 Å². The fourth-order valence-electron chi connectivity index (χ4n) is 5.81. The van der Waals surface area contributed by atoms with Gasteiger partial charge in [0.2, 0.25) is 0 Å². The van der Waals surface area contributed by atoms with Crippen molar-refractivity contribution in [3.63, 3.8) is 0 Å². The number of nitrogens with zero attached hydrogens (tertiary/aromatic N) is 1. The maximum atomic E-state index is 12.7. The molecule has 0 bridgehead atoms. The van der Waals surface area contributed by atoms with Crippen molar-refractivity contribution in [2.24, 2.45) is 0 Å². The van der Waals surface area contributed by atoms with E-state index in [-0.39, 0.29) is 26.1 Å². The second-order valence-electron chi connectivity index (χ2n) is 16.0. The van der Waals surface area contributed by atoms with Crippen LogP contribution in [-0.2, 0) is 32.7 Å². The lowest BCUT2D eigenvalue weighted by molar-refractivity contribution is -0.870. The van der Waals surface area contributed by atoms with Crippen LogP contribution in [0.25, 0.3) is 0 Å². The number of allylic oxidation sites excluding steroid dienone is 10. The minimum absolute atomic E-state index is 0.0408. The number of ether oxygens (including phenoxy) is 2. The zero-order chi connectivity index (χ0) is 42.1. The molecule has 0 heterocycles. The molecule has 0 aromatic heterocycles. The number of phosphoric ester groups is 1. The lowest BCUT2D eigenvalue weighted by atomic mass is 10.0. The van der Waals surface area contributed by atoms with Crippen LogP contribution < -0.4 is 4.89 Å². The number of carbonyl (C=O) groups is 2. The molecule has 1 unspecified atom stereocenters. The monoisotopic (exact) mass is 822 g/mol. The van der Waals surface area contributed by atoms with Crippen LogP contribution in [0, 0.1) is 0 Å². The molecule has 0 aromatic rings. The van der Waals surface area contributed by atoms with Gasteiger partial charge in [0.05, 0.1) is 27.7 Å². The molecule has 57 heavy (non-hydrogen) atoms. The number of carbonyl (C=O) groups excluding carboxylic acids is 2. The van der Waals surface area contributed by atoms with Gasteiger partial charge in [-0.25, -0.2) is 0 Å². The first-order valence-corrected chi connectivity index (χ1v) is 24.0. The summed E-state index contributed by atoms with van der Waals surface area (Å²) in [5.74, 6) is -0.902. The van der Waals surface area contributed by atoms with Gasteiger partial charge in [-0.1, -0.05) is 171 Å². The number of likely N-dealkylation sites (N-methyl/N-ethyl adjacent to an activating group) is 1. The van der Waals surface area contributed by atoms with Crippen LogP contribution >= 0.6 is 7.82 Å². The van der Waals surface area contributed by atoms with E-state index < -0.39 is 32.5 Å². The zero-order valence-electron chi connectivity index (χ0n) is 37.0. The van der Waals surface area contributed by atoms with E-state index in [0.29, 0.717) is 23.9 Å². The zero-order valence-corrected chi connectivity index (χ0v) is 37.9. The highest BCUT2D eigenvalue weighted by Crippen LogP contribution is 2.38. The fourth-order valence-corrected chi connectivity index (χ4v) is 6.54. The van der Waals surface area contributed by atoms with E-state index in [1.807, 2.05) is 27.2 Å². The lowest BCUT2D eigenvalue weighted by Crippen LogP contribution is -2.37. The smallest absolute Gasteiger partial charge is 0.306 e. The Morgan fingerprint density at radius 2 is 1.00 bits per heavy atom. The molecule has 0 saturated carbocycles. The summed E-state index contributed by atoms with van der Waals surface area (Å²) < 4.78 is 33.9. The molecule has 0 N–H and O–H groups in total. The normalized spacial score (nSPS) is 14.1. The molecule has 330 valence electrons. The summed E-state index contributed by atoms with van der Waals surface area (Å²) in [5.41, 5.74) is 0. The Morgan fingerprint density at radius 3 is 1.47 bits per heavy atom. The fraction of sp³-hybridized carbons (Fsp3) is 0.745. The van der Waals surface area contributed by atoms with Gasteiger partial charge in [-0.2, -0.15) is 0 Å².